The quantitative estimate of drug-likeness (QED) is 0.401. The second-order valence-electron chi connectivity index (χ2n) is 11.0. The first kappa shape index (κ1) is 27.2. The van der Waals surface area contributed by atoms with Crippen LogP contribution in [-0.2, 0) is 10.0 Å². The third-order valence-corrected chi connectivity index (χ3v) is 10.2. The third kappa shape index (κ3) is 5.75. The maximum absolute atomic E-state index is 13.8. The highest BCUT2D eigenvalue weighted by Gasteiger charge is 2.44. The van der Waals surface area contributed by atoms with Gasteiger partial charge in [0.05, 0.1) is 24.6 Å². The molecular formula is C26H31F2N7O3S2. The molecule has 0 radical (unpaired) electrons. The normalized spacial score (nSPS) is 19.8. The Morgan fingerprint density at radius 2 is 1.73 bits per heavy atom. The first-order chi connectivity index (χ1) is 19.0. The van der Waals surface area contributed by atoms with Gasteiger partial charge in [-0.3, -0.25) is 4.72 Å². The molecule has 0 unspecified atom stereocenters. The lowest BCUT2D eigenvalue weighted by Gasteiger charge is -2.35. The number of hydrogen-bond donors (Lipinski definition) is 2. The van der Waals surface area contributed by atoms with Gasteiger partial charge in [-0.05, 0) is 62.3 Å². The van der Waals surface area contributed by atoms with Gasteiger partial charge in [0, 0.05) is 43.0 Å². The van der Waals surface area contributed by atoms with Gasteiger partial charge in [0.25, 0.3) is 5.92 Å². The molecule has 2 aliphatic heterocycles. The predicted molar refractivity (Wildman–Crippen MR) is 150 cm³/mol. The Morgan fingerprint density at radius 3 is 2.40 bits per heavy atom. The molecule has 1 aromatic carbocycles. The number of sulfonamides is 1. The Labute approximate surface area is 235 Å². The fourth-order valence-electron chi connectivity index (χ4n) is 5.43. The molecule has 3 aliphatic rings. The van der Waals surface area contributed by atoms with E-state index in [1.807, 2.05) is 12.1 Å². The molecule has 10 nitrogen and oxygen atoms in total. The molecule has 14 heteroatoms. The molecule has 40 heavy (non-hydrogen) atoms. The molecule has 3 aromatic rings. The van der Waals surface area contributed by atoms with Gasteiger partial charge in [-0.1, -0.05) is 11.3 Å². The minimum Gasteiger partial charge on any atom is -0.395 e. The van der Waals surface area contributed by atoms with E-state index in [0.29, 0.717) is 32.5 Å². The highest BCUT2D eigenvalue weighted by Crippen LogP contribution is 2.54. The van der Waals surface area contributed by atoms with E-state index in [4.69, 9.17) is 5.11 Å². The lowest BCUT2D eigenvalue weighted by molar-refractivity contribution is 0.0256. The average molecular weight is 592 g/mol. The Bertz CT molecular complexity index is 1520. The van der Waals surface area contributed by atoms with Gasteiger partial charge >= 0.3 is 0 Å². The Hall–Kier alpha value is -2.97. The van der Waals surface area contributed by atoms with Crippen molar-refractivity contribution in [2.75, 3.05) is 53.1 Å². The second-order valence-corrected chi connectivity index (χ2v) is 13.8. The largest absolute Gasteiger partial charge is 0.395 e. The van der Waals surface area contributed by atoms with Crippen LogP contribution in [0.15, 0.2) is 24.3 Å². The summed E-state index contributed by atoms with van der Waals surface area (Å²) in [6.07, 6.45) is 4.49. The maximum atomic E-state index is 13.8. The molecular weight excluding hydrogens is 560 g/mol. The van der Waals surface area contributed by atoms with Crippen LogP contribution in [0.25, 0.3) is 21.3 Å². The van der Waals surface area contributed by atoms with Gasteiger partial charge in [-0.2, -0.15) is 0 Å². The molecule has 0 atom stereocenters. The molecule has 0 bridgehead atoms. The van der Waals surface area contributed by atoms with Crippen molar-refractivity contribution in [1.29, 1.82) is 0 Å². The van der Waals surface area contributed by atoms with E-state index in [-0.39, 0.29) is 24.7 Å². The zero-order chi connectivity index (χ0) is 28.1. The van der Waals surface area contributed by atoms with Gasteiger partial charge in [-0.25, -0.2) is 27.2 Å². The first-order valence-corrected chi connectivity index (χ1v) is 15.8. The number of piperidine rings is 1. The second kappa shape index (κ2) is 10.1. The van der Waals surface area contributed by atoms with Crippen molar-refractivity contribution in [3.8, 4) is 21.3 Å². The Balaban J connectivity index is 1.32. The summed E-state index contributed by atoms with van der Waals surface area (Å²) in [4.78, 5) is 12.7. The van der Waals surface area contributed by atoms with Gasteiger partial charge in [-0.15, -0.1) is 10.2 Å². The highest BCUT2D eigenvalue weighted by molar-refractivity contribution is 7.92. The number of aliphatic hydroxyl groups excluding tert-OH is 1. The number of halogens is 2. The maximum Gasteiger partial charge on any atom is 0.267 e. The van der Waals surface area contributed by atoms with E-state index in [1.54, 1.807) is 19.1 Å². The van der Waals surface area contributed by atoms with Crippen LogP contribution in [0.1, 0.15) is 37.8 Å². The highest BCUT2D eigenvalue weighted by atomic mass is 32.2. The first-order valence-electron chi connectivity index (χ1n) is 13.4. The van der Waals surface area contributed by atoms with Crippen molar-refractivity contribution in [3.63, 3.8) is 0 Å². The summed E-state index contributed by atoms with van der Waals surface area (Å²) in [7, 11) is -3.68. The van der Waals surface area contributed by atoms with Crippen molar-refractivity contribution >= 4 is 38.7 Å². The topological polar surface area (TPSA) is 124 Å². The van der Waals surface area contributed by atoms with Crippen molar-refractivity contribution in [2.45, 2.75) is 45.0 Å². The van der Waals surface area contributed by atoms with Crippen LogP contribution in [0.4, 0.5) is 26.1 Å². The number of nitrogens with one attached hydrogen (secondary N) is 1. The molecule has 1 spiro atoms. The van der Waals surface area contributed by atoms with Gasteiger partial charge < -0.3 is 14.9 Å². The fraction of sp³-hybridized carbons (Fsp3) is 0.538. The average Bonchev–Trinajstić information content (AvgIpc) is 3.30. The number of rotatable bonds is 8. The van der Waals surface area contributed by atoms with E-state index in [0.717, 1.165) is 37.2 Å². The lowest BCUT2D eigenvalue weighted by Crippen LogP contribution is -2.34. The number of alkyl halides is 2. The van der Waals surface area contributed by atoms with Crippen molar-refractivity contribution in [1.82, 2.24) is 20.2 Å². The van der Waals surface area contributed by atoms with E-state index < -0.39 is 29.1 Å². The zero-order valence-electron chi connectivity index (χ0n) is 22.1. The van der Waals surface area contributed by atoms with E-state index in [1.165, 1.54) is 29.1 Å². The minimum absolute atomic E-state index is 0.187. The molecule has 0 amide bonds. The summed E-state index contributed by atoms with van der Waals surface area (Å²) in [6, 6.07) is 7.10. The summed E-state index contributed by atoms with van der Waals surface area (Å²) in [5.74, 6) is -2.89. The fourth-order valence-corrected chi connectivity index (χ4v) is 7.10. The van der Waals surface area contributed by atoms with Crippen LogP contribution in [-0.4, -0.2) is 78.2 Å². The summed E-state index contributed by atoms with van der Waals surface area (Å²) in [5.41, 5.74) is 3.74. The predicted octanol–water partition coefficient (Wildman–Crippen LogP) is 3.93. The molecule has 1 saturated carbocycles. The van der Waals surface area contributed by atoms with Crippen molar-refractivity contribution < 1.29 is 22.3 Å². The number of nitrogens with zero attached hydrogens (tertiary/aromatic N) is 6. The molecule has 4 heterocycles. The number of anilines is 3. The smallest absolute Gasteiger partial charge is 0.267 e. The Morgan fingerprint density at radius 1 is 1.00 bits per heavy atom. The monoisotopic (exact) mass is 591 g/mol. The summed E-state index contributed by atoms with van der Waals surface area (Å²) in [6.45, 7) is 2.83. The van der Waals surface area contributed by atoms with Crippen LogP contribution in [0, 0.1) is 12.3 Å². The van der Waals surface area contributed by atoms with Crippen LogP contribution < -0.4 is 14.5 Å². The molecule has 1 aliphatic carbocycles. The molecule has 2 saturated heterocycles. The summed E-state index contributed by atoms with van der Waals surface area (Å²) < 4.78 is 54.8. The van der Waals surface area contributed by atoms with E-state index >= 15 is 0 Å². The van der Waals surface area contributed by atoms with E-state index in [2.05, 4.69) is 29.8 Å². The zero-order valence-corrected chi connectivity index (χ0v) is 23.7. The summed E-state index contributed by atoms with van der Waals surface area (Å²) in [5, 5.41) is 19.1. The molecule has 2 aromatic heterocycles. The molecule has 3 fully saturated rings. The number of aromatic nitrogens is 4. The standard InChI is InChI=1S/C26H31F2N7O3S2/c1-17-14-20(30-24(29-17)35-11-8-26(27,28)16-35)23-32-31-22(39-23)19-3-2-18(33-40(37,38)13-12-36)15-21(19)34-9-6-25(4-5-25)7-10-34/h2-3,14-15,33,36H,4-13,16H2,1H3. The van der Waals surface area contributed by atoms with Crippen LogP contribution in [0.5, 0.6) is 0 Å². The number of aliphatic hydroxyl groups is 1. The van der Waals surface area contributed by atoms with Crippen LogP contribution >= 0.6 is 11.3 Å². The number of hydrogen-bond acceptors (Lipinski definition) is 10. The molecule has 214 valence electrons. The van der Waals surface area contributed by atoms with Crippen LogP contribution in [0.2, 0.25) is 0 Å². The third-order valence-electron chi connectivity index (χ3n) is 7.92. The number of aryl methyl sites for hydroxylation is 1. The number of benzene rings is 1. The van der Waals surface area contributed by atoms with Gasteiger partial charge in [0.1, 0.15) is 10.7 Å². The molecule has 2 N–H and O–H groups in total. The lowest BCUT2D eigenvalue weighted by atomic mass is 9.93. The van der Waals surface area contributed by atoms with Crippen molar-refractivity contribution in [2.24, 2.45) is 5.41 Å². The van der Waals surface area contributed by atoms with Crippen molar-refractivity contribution in [3.05, 3.63) is 30.0 Å². The summed E-state index contributed by atoms with van der Waals surface area (Å²) >= 11 is 1.34. The molecule has 6 rings (SSSR count). The SMILES string of the molecule is Cc1cc(-c2nnc(-c3ccc(NS(=O)(=O)CCO)cc3N3CCC4(CC3)CC4)s2)nc(N2CCC(F)(F)C2)n1. The van der Waals surface area contributed by atoms with E-state index in [9.17, 15) is 17.2 Å². The van der Waals surface area contributed by atoms with Crippen LogP contribution in [0.3, 0.4) is 0 Å². The van der Waals surface area contributed by atoms with Gasteiger partial charge in [0.2, 0.25) is 16.0 Å². The minimum atomic E-state index is -3.68. The van der Waals surface area contributed by atoms with Gasteiger partial charge in [0.15, 0.2) is 5.01 Å². The Kier molecular flexibility index (Phi) is 6.90.